The summed E-state index contributed by atoms with van der Waals surface area (Å²) < 4.78 is 0. The van der Waals surface area contributed by atoms with E-state index in [0.717, 1.165) is 42.1 Å². The smallest absolute Gasteiger partial charge is 0.267 e. The van der Waals surface area contributed by atoms with Crippen LogP contribution in [0.4, 0.5) is 17.1 Å². The number of benzene rings is 4. The summed E-state index contributed by atoms with van der Waals surface area (Å²) in [6.07, 6.45) is 2.10. The molecule has 228 valence electrons. The number of halogens is 4. The van der Waals surface area contributed by atoms with Crippen molar-refractivity contribution in [3.8, 4) is 0 Å². The van der Waals surface area contributed by atoms with Gasteiger partial charge in [-0.25, -0.2) is 10.0 Å². The quantitative estimate of drug-likeness (QED) is 0.180. The summed E-state index contributed by atoms with van der Waals surface area (Å²) in [7, 11) is 0. The van der Waals surface area contributed by atoms with Gasteiger partial charge in [-0.3, -0.25) is 10.2 Å². The van der Waals surface area contributed by atoms with E-state index in [9.17, 15) is 4.79 Å². The van der Waals surface area contributed by atoms with Crippen LogP contribution >= 0.6 is 58.2 Å². The Morgan fingerprint density at radius 2 is 1.57 bits per heavy atom. The summed E-state index contributed by atoms with van der Waals surface area (Å²) >= 11 is 27.3. The minimum Gasteiger partial charge on any atom is -0.366 e. The van der Waals surface area contributed by atoms with Gasteiger partial charge < -0.3 is 4.90 Å². The molecule has 1 N–H and O–H groups in total. The molecule has 1 aliphatic rings. The van der Waals surface area contributed by atoms with Crippen LogP contribution in [0.2, 0.25) is 20.1 Å². The maximum atomic E-state index is 14.2. The zero-order chi connectivity index (χ0) is 31.4. The molecule has 4 aromatic rings. The van der Waals surface area contributed by atoms with Crippen molar-refractivity contribution in [1.29, 1.82) is 0 Å². The normalized spacial score (nSPS) is 15.6. The van der Waals surface area contributed by atoms with Crippen LogP contribution in [-0.4, -0.2) is 23.5 Å². The van der Waals surface area contributed by atoms with Crippen LogP contribution in [0.3, 0.4) is 0 Å². The SMILES string of the molecule is CCCCN(Cc1ccc(C)cc1)c1ccccc1SC1C(=O)N(c2c(Cl)cc(Cl)cc2Cl)NC1=Nc1cc(C)ccc1Cl. The fourth-order valence-corrected chi connectivity index (χ4v) is 7.20. The van der Waals surface area contributed by atoms with Gasteiger partial charge in [0, 0.05) is 23.0 Å². The van der Waals surface area contributed by atoms with Crippen LogP contribution in [-0.2, 0) is 11.3 Å². The molecule has 1 aliphatic heterocycles. The van der Waals surface area contributed by atoms with Crippen LogP contribution < -0.4 is 15.3 Å². The van der Waals surface area contributed by atoms with E-state index in [2.05, 4.69) is 54.5 Å². The molecule has 1 saturated heterocycles. The number of carbonyl (C=O) groups is 1. The highest BCUT2D eigenvalue weighted by atomic mass is 35.5. The third-order valence-electron chi connectivity index (χ3n) is 7.19. The van der Waals surface area contributed by atoms with E-state index in [1.54, 1.807) is 18.2 Å². The maximum absolute atomic E-state index is 14.2. The molecule has 0 spiro atoms. The summed E-state index contributed by atoms with van der Waals surface area (Å²) in [5.74, 6) is 0.153. The van der Waals surface area contributed by atoms with Crippen molar-refractivity contribution in [2.45, 2.75) is 50.3 Å². The van der Waals surface area contributed by atoms with Gasteiger partial charge in [0.1, 0.15) is 16.8 Å². The Hall–Kier alpha value is -2.87. The molecule has 1 heterocycles. The Balaban J connectivity index is 1.56. The molecule has 10 heteroatoms. The van der Waals surface area contributed by atoms with Gasteiger partial charge in [-0.05, 0) is 67.8 Å². The molecule has 0 bridgehead atoms. The number of carbonyl (C=O) groups excluding carboxylic acids is 1. The monoisotopic (exact) mass is 684 g/mol. The molecule has 4 aromatic carbocycles. The number of aryl methyl sites for hydroxylation is 2. The zero-order valence-electron chi connectivity index (χ0n) is 24.6. The number of thioether (sulfide) groups is 1. The summed E-state index contributed by atoms with van der Waals surface area (Å²) in [5.41, 5.74) is 8.54. The Bertz CT molecular complexity index is 1670. The number of para-hydroxylation sites is 1. The molecular weight excluding hydrogens is 654 g/mol. The Morgan fingerprint density at radius 1 is 0.886 bits per heavy atom. The number of amides is 1. The number of anilines is 2. The van der Waals surface area contributed by atoms with Gasteiger partial charge in [-0.15, -0.1) is 11.8 Å². The summed E-state index contributed by atoms with van der Waals surface area (Å²) in [4.78, 5) is 22.4. The second-order valence-corrected chi connectivity index (χ2v) is 13.5. The molecule has 1 fully saturated rings. The van der Waals surface area contributed by atoms with Gasteiger partial charge in [0.05, 0.1) is 26.4 Å². The molecule has 0 radical (unpaired) electrons. The third-order valence-corrected chi connectivity index (χ3v) is 9.57. The van der Waals surface area contributed by atoms with E-state index >= 15 is 0 Å². The van der Waals surface area contributed by atoms with Crippen molar-refractivity contribution >= 4 is 87.0 Å². The van der Waals surface area contributed by atoms with E-state index < -0.39 is 5.25 Å². The zero-order valence-corrected chi connectivity index (χ0v) is 28.4. The van der Waals surface area contributed by atoms with Crippen molar-refractivity contribution in [3.63, 3.8) is 0 Å². The fourth-order valence-electron chi connectivity index (χ4n) is 4.90. The van der Waals surface area contributed by atoms with Crippen LogP contribution in [0.25, 0.3) is 0 Å². The molecule has 0 aromatic heterocycles. The summed E-state index contributed by atoms with van der Waals surface area (Å²) in [6, 6.07) is 25.5. The highest BCUT2D eigenvalue weighted by molar-refractivity contribution is 8.01. The number of hydrogen-bond donors (Lipinski definition) is 1. The first-order valence-corrected chi connectivity index (χ1v) is 16.7. The Labute approximate surface area is 283 Å². The highest BCUT2D eigenvalue weighted by Gasteiger charge is 2.41. The minimum atomic E-state index is -0.733. The molecule has 5 rings (SSSR count). The molecular formula is C34H32Cl4N4OS. The largest absolute Gasteiger partial charge is 0.366 e. The lowest BCUT2D eigenvalue weighted by molar-refractivity contribution is -0.116. The van der Waals surface area contributed by atoms with E-state index in [4.69, 9.17) is 51.4 Å². The van der Waals surface area contributed by atoms with E-state index in [0.29, 0.717) is 27.3 Å². The van der Waals surface area contributed by atoms with Gasteiger partial charge in [0.25, 0.3) is 5.91 Å². The van der Waals surface area contributed by atoms with Crippen LogP contribution in [0.15, 0.2) is 88.8 Å². The second-order valence-electron chi connectivity index (χ2n) is 10.7. The lowest BCUT2D eigenvalue weighted by Gasteiger charge is -2.27. The average molecular weight is 687 g/mol. The predicted octanol–water partition coefficient (Wildman–Crippen LogP) is 10.5. The number of hydrogen-bond acceptors (Lipinski definition) is 4. The molecule has 44 heavy (non-hydrogen) atoms. The van der Waals surface area contributed by atoms with Gasteiger partial charge in [-0.1, -0.05) is 108 Å². The number of nitrogens with zero attached hydrogens (tertiary/aromatic N) is 3. The standard InChI is InChI=1S/C34H32Cl4N4OS/c1-4-5-16-41(20-23-13-10-21(2)11-14-23)29-8-6-7-9-30(29)44-32-33(39-28-17-22(3)12-15-25(28)36)40-42(34(32)43)31-26(37)18-24(35)19-27(31)38/h6-15,17-19,32H,4-5,16,20H2,1-3H3,(H,39,40). The Kier molecular flexibility index (Phi) is 10.7. The van der Waals surface area contributed by atoms with Crippen molar-refractivity contribution in [3.05, 3.63) is 116 Å². The number of nitrogens with one attached hydrogen (secondary N) is 1. The predicted molar refractivity (Wildman–Crippen MR) is 189 cm³/mol. The molecule has 0 aliphatic carbocycles. The topological polar surface area (TPSA) is 47.9 Å². The van der Waals surface area contributed by atoms with E-state index in [-0.39, 0.29) is 16.0 Å². The number of unbranched alkanes of at least 4 members (excludes halogenated alkanes) is 1. The van der Waals surface area contributed by atoms with Crippen LogP contribution in [0.1, 0.15) is 36.5 Å². The van der Waals surface area contributed by atoms with Gasteiger partial charge >= 0.3 is 0 Å². The first-order valence-electron chi connectivity index (χ1n) is 14.3. The van der Waals surface area contributed by atoms with E-state index in [1.807, 2.05) is 37.3 Å². The maximum Gasteiger partial charge on any atom is 0.267 e. The summed E-state index contributed by atoms with van der Waals surface area (Å²) in [6.45, 7) is 7.87. The fraction of sp³-hybridized carbons (Fsp3) is 0.235. The molecule has 1 atom stereocenters. The number of amidine groups is 1. The highest BCUT2D eigenvalue weighted by Crippen LogP contribution is 2.42. The molecule has 1 unspecified atom stereocenters. The molecule has 5 nitrogen and oxygen atoms in total. The first kappa shape index (κ1) is 32.5. The third kappa shape index (κ3) is 7.49. The van der Waals surface area contributed by atoms with E-state index in [1.165, 1.54) is 27.9 Å². The van der Waals surface area contributed by atoms with Crippen molar-refractivity contribution < 1.29 is 4.79 Å². The number of rotatable bonds is 10. The number of hydrazine groups is 1. The van der Waals surface area contributed by atoms with Crippen molar-refractivity contribution in [2.75, 3.05) is 16.5 Å². The van der Waals surface area contributed by atoms with Gasteiger partial charge in [0.15, 0.2) is 0 Å². The second kappa shape index (κ2) is 14.5. The van der Waals surface area contributed by atoms with Gasteiger partial charge in [0.2, 0.25) is 0 Å². The molecule has 0 saturated carbocycles. The minimum absolute atomic E-state index is 0.242. The lowest BCUT2D eigenvalue weighted by Crippen LogP contribution is -2.36. The van der Waals surface area contributed by atoms with Crippen molar-refractivity contribution in [1.82, 2.24) is 5.43 Å². The first-order chi connectivity index (χ1) is 21.1. The van der Waals surface area contributed by atoms with Gasteiger partial charge in [-0.2, -0.15) is 0 Å². The average Bonchev–Trinajstić information content (AvgIpc) is 3.27. The Morgan fingerprint density at radius 3 is 2.27 bits per heavy atom. The van der Waals surface area contributed by atoms with Crippen LogP contribution in [0, 0.1) is 13.8 Å². The summed E-state index contributed by atoms with van der Waals surface area (Å²) in [5, 5.41) is 1.95. The van der Waals surface area contributed by atoms with Crippen molar-refractivity contribution in [2.24, 2.45) is 4.99 Å². The molecule has 1 amide bonds. The number of aliphatic imine (C=N–C) groups is 1. The lowest BCUT2D eigenvalue weighted by atomic mass is 10.1. The van der Waals surface area contributed by atoms with Crippen LogP contribution in [0.5, 0.6) is 0 Å².